The van der Waals surface area contributed by atoms with E-state index in [1.807, 2.05) is 6.92 Å². The number of halogens is 1. The van der Waals surface area contributed by atoms with Gasteiger partial charge in [-0.15, -0.1) is 0 Å². The van der Waals surface area contributed by atoms with Gasteiger partial charge in [-0.05, 0) is 0 Å². The van der Waals surface area contributed by atoms with Crippen molar-refractivity contribution in [1.29, 1.82) is 0 Å². The van der Waals surface area contributed by atoms with Crippen LogP contribution in [-0.4, -0.2) is 6.61 Å². The van der Waals surface area contributed by atoms with E-state index >= 15 is 0 Å². The zero-order valence-corrected chi connectivity index (χ0v) is 19.6. The van der Waals surface area contributed by atoms with Crippen molar-refractivity contribution in [3.05, 3.63) is 121 Å². The van der Waals surface area contributed by atoms with Gasteiger partial charge in [-0.1, -0.05) is 0 Å². The van der Waals surface area contributed by atoms with Gasteiger partial charge < -0.3 is 0 Å². The quantitative estimate of drug-likeness (QED) is 0.279. The molecule has 0 saturated heterocycles. The molecule has 0 amide bonds. The van der Waals surface area contributed by atoms with Crippen LogP contribution in [0.5, 0.6) is 5.75 Å². The normalized spacial score (nSPS) is 12.7. The van der Waals surface area contributed by atoms with Gasteiger partial charge in [0.25, 0.3) is 0 Å². The molecular formula is C27H26BrOP. The monoisotopic (exact) mass is 476 g/mol. The Hall–Kier alpha value is -2.41. The van der Waals surface area contributed by atoms with E-state index in [2.05, 4.69) is 131 Å². The Morgan fingerprint density at radius 2 is 1.00 bits per heavy atom. The molecule has 0 aliphatic rings. The van der Waals surface area contributed by atoms with Gasteiger partial charge in [0.15, 0.2) is 0 Å². The molecule has 4 rings (SSSR count). The van der Waals surface area contributed by atoms with E-state index in [0.29, 0.717) is 6.61 Å². The summed E-state index contributed by atoms with van der Waals surface area (Å²) < 4.78 is 5.67. The zero-order chi connectivity index (χ0) is 20.9. The Bertz CT molecular complexity index is 981. The van der Waals surface area contributed by atoms with E-state index in [1.54, 1.807) is 0 Å². The number of rotatable bonds is 7. The molecule has 0 atom stereocenters. The maximum atomic E-state index is 5.67. The molecule has 3 heteroatoms. The van der Waals surface area contributed by atoms with Crippen molar-refractivity contribution in [3.63, 3.8) is 0 Å². The van der Waals surface area contributed by atoms with Crippen molar-refractivity contribution in [2.45, 2.75) is 13.1 Å². The molecule has 0 spiro atoms. The Balaban J connectivity index is 1.98. The van der Waals surface area contributed by atoms with E-state index in [0.717, 1.165) is 11.9 Å². The molecule has 0 bridgehead atoms. The predicted molar refractivity (Wildman–Crippen MR) is 135 cm³/mol. The van der Waals surface area contributed by atoms with E-state index in [1.165, 1.54) is 21.5 Å². The molecule has 4 aromatic rings. The van der Waals surface area contributed by atoms with Gasteiger partial charge in [0, 0.05) is 0 Å². The van der Waals surface area contributed by atoms with Crippen LogP contribution in [0, 0.1) is 0 Å². The minimum absolute atomic E-state index is 0.676. The van der Waals surface area contributed by atoms with Crippen molar-refractivity contribution in [2.75, 3.05) is 6.61 Å². The summed E-state index contributed by atoms with van der Waals surface area (Å²) in [5.41, 5.74) is 1.28. The molecule has 0 aliphatic carbocycles. The summed E-state index contributed by atoms with van der Waals surface area (Å²) in [4.78, 5) is 0. The zero-order valence-electron chi connectivity index (χ0n) is 17.1. The molecule has 30 heavy (non-hydrogen) atoms. The fourth-order valence-corrected chi connectivity index (χ4v) is 11.9. The van der Waals surface area contributed by atoms with Crippen LogP contribution in [-0.2, 0) is 6.16 Å². The SMILES string of the molecule is CCOc1ccc(CP(Br)(c2ccccc2)(c2ccccc2)c2ccccc2)cc1. The second-order valence-corrected chi connectivity index (χ2v) is 16.4. The van der Waals surface area contributed by atoms with Crippen LogP contribution in [0.4, 0.5) is 0 Å². The molecule has 0 saturated carbocycles. The molecular weight excluding hydrogens is 451 g/mol. The fourth-order valence-electron chi connectivity index (χ4n) is 4.14. The molecule has 4 aromatic carbocycles. The van der Waals surface area contributed by atoms with Crippen LogP contribution in [0.15, 0.2) is 115 Å². The molecule has 0 radical (unpaired) electrons. The Kier molecular flexibility index (Phi) is 6.09. The van der Waals surface area contributed by atoms with Crippen molar-refractivity contribution in [3.8, 4) is 5.75 Å². The molecule has 152 valence electrons. The standard InChI is InChI=1S/C27H26BrOP/c1-2-29-24-20-18-23(19-21-24)22-30(28,25-12-6-3-7-13-25,26-14-8-4-9-15-26)27-16-10-5-11-17-27/h3-21H,2,22H2,1H3. The van der Waals surface area contributed by atoms with Gasteiger partial charge in [-0.3, -0.25) is 0 Å². The third-order valence-electron chi connectivity index (χ3n) is 5.60. The molecule has 0 unspecified atom stereocenters. The Labute approximate surface area is 187 Å². The van der Waals surface area contributed by atoms with Gasteiger partial charge in [0.05, 0.1) is 0 Å². The summed E-state index contributed by atoms with van der Waals surface area (Å²) in [6, 6.07) is 41.2. The van der Waals surface area contributed by atoms with Gasteiger partial charge in [0.2, 0.25) is 0 Å². The van der Waals surface area contributed by atoms with Crippen molar-refractivity contribution in [2.24, 2.45) is 0 Å². The molecule has 0 N–H and O–H groups in total. The molecule has 1 nitrogen and oxygen atoms in total. The van der Waals surface area contributed by atoms with Crippen LogP contribution < -0.4 is 20.7 Å². The van der Waals surface area contributed by atoms with E-state index in [-0.39, 0.29) is 0 Å². The number of hydrogen-bond donors (Lipinski definition) is 0. The summed E-state index contributed by atoms with van der Waals surface area (Å²) in [5.74, 6) is 0.912. The first-order valence-corrected chi connectivity index (χ1v) is 14.7. The summed E-state index contributed by atoms with van der Waals surface area (Å²) in [7, 11) is 0. The van der Waals surface area contributed by atoms with E-state index in [4.69, 9.17) is 4.74 Å². The summed E-state index contributed by atoms with van der Waals surface area (Å²) >= 11 is 4.50. The first kappa shape index (κ1) is 20.8. The molecule has 0 heterocycles. The van der Waals surface area contributed by atoms with Crippen LogP contribution >= 0.6 is 20.8 Å². The first-order valence-electron chi connectivity index (χ1n) is 10.3. The number of ether oxygens (including phenoxy) is 1. The first-order chi connectivity index (χ1) is 14.6. The Morgan fingerprint density at radius 1 is 0.600 bits per heavy atom. The van der Waals surface area contributed by atoms with Crippen LogP contribution in [0.3, 0.4) is 0 Å². The van der Waals surface area contributed by atoms with Gasteiger partial charge in [0.1, 0.15) is 0 Å². The van der Waals surface area contributed by atoms with Gasteiger partial charge >= 0.3 is 188 Å². The third kappa shape index (κ3) is 3.71. The van der Waals surface area contributed by atoms with Crippen LogP contribution in [0.1, 0.15) is 12.5 Å². The second kappa shape index (κ2) is 8.76. The van der Waals surface area contributed by atoms with Crippen molar-refractivity contribution in [1.82, 2.24) is 0 Å². The average Bonchev–Trinajstić information content (AvgIpc) is 2.82. The summed E-state index contributed by atoms with van der Waals surface area (Å²) in [5, 5.41) is 1.04. The fraction of sp³-hybridized carbons (Fsp3) is 0.111. The average molecular weight is 477 g/mol. The molecule has 0 aromatic heterocycles. The maximum absolute atomic E-state index is 5.67. The minimum atomic E-state index is -2.95. The summed E-state index contributed by atoms with van der Waals surface area (Å²) in [6.07, 6.45) is 0.885. The van der Waals surface area contributed by atoms with Gasteiger partial charge in [-0.2, -0.15) is 0 Å². The van der Waals surface area contributed by atoms with E-state index < -0.39 is 5.31 Å². The third-order valence-corrected chi connectivity index (χ3v) is 15.1. The molecule has 0 fully saturated rings. The second-order valence-electron chi connectivity index (χ2n) is 7.42. The summed E-state index contributed by atoms with van der Waals surface area (Å²) in [6.45, 7) is 2.69. The number of hydrogen-bond acceptors (Lipinski definition) is 1. The van der Waals surface area contributed by atoms with Crippen molar-refractivity contribution < 1.29 is 4.74 Å². The Morgan fingerprint density at radius 3 is 1.37 bits per heavy atom. The topological polar surface area (TPSA) is 9.23 Å². The van der Waals surface area contributed by atoms with Crippen molar-refractivity contribution >= 4 is 36.7 Å². The van der Waals surface area contributed by atoms with E-state index in [9.17, 15) is 0 Å². The van der Waals surface area contributed by atoms with Crippen LogP contribution in [0.25, 0.3) is 0 Å². The predicted octanol–water partition coefficient (Wildman–Crippen LogP) is 6.43. The molecule has 0 aliphatic heterocycles. The van der Waals surface area contributed by atoms with Crippen LogP contribution in [0.2, 0.25) is 0 Å². The number of benzene rings is 4. The van der Waals surface area contributed by atoms with Gasteiger partial charge in [-0.25, -0.2) is 0 Å².